The third kappa shape index (κ3) is 3.93. The fourth-order valence-corrected chi connectivity index (χ4v) is 5.72. The van der Waals surface area contributed by atoms with E-state index in [2.05, 4.69) is 51.6 Å². The molecule has 3 aromatic heterocycles. The molecule has 5 heterocycles. The Labute approximate surface area is 210 Å². The number of hydrogen-bond donors (Lipinski definition) is 1. The van der Waals surface area contributed by atoms with E-state index in [4.69, 9.17) is 9.97 Å². The van der Waals surface area contributed by atoms with Crippen molar-refractivity contribution in [2.75, 3.05) is 18.4 Å². The van der Waals surface area contributed by atoms with Crippen LogP contribution in [-0.4, -0.2) is 42.5 Å². The van der Waals surface area contributed by atoms with Gasteiger partial charge in [0.15, 0.2) is 5.82 Å². The molecule has 0 saturated heterocycles. The third-order valence-corrected chi connectivity index (χ3v) is 7.65. The molecule has 0 radical (unpaired) electrons. The van der Waals surface area contributed by atoms with Crippen LogP contribution in [0, 0.1) is 12.7 Å². The van der Waals surface area contributed by atoms with E-state index in [-0.39, 0.29) is 11.2 Å². The Morgan fingerprint density at radius 1 is 1.11 bits per heavy atom. The van der Waals surface area contributed by atoms with Crippen molar-refractivity contribution in [1.82, 2.24) is 29.4 Å². The van der Waals surface area contributed by atoms with Gasteiger partial charge in [-0.15, -0.1) is 0 Å². The Morgan fingerprint density at radius 2 is 1.97 bits per heavy atom. The number of halogens is 1. The number of imidazole rings is 1. The van der Waals surface area contributed by atoms with Crippen molar-refractivity contribution < 1.29 is 4.39 Å². The maximum atomic E-state index is 15.0. The van der Waals surface area contributed by atoms with Crippen LogP contribution in [0.15, 0.2) is 30.5 Å². The zero-order chi connectivity index (χ0) is 25.0. The average molecular weight is 486 g/mol. The summed E-state index contributed by atoms with van der Waals surface area (Å²) in [6.07, 6.45) is 5.34. The van der Waals surface area contributed by atoms with Crippen LogP contribution in [0.3, 0.4) is 0 Å². The molecule has 2 aliphatic heterocycles. The van der Waals surface area contributed by atoms with Crippen molar-refractivity contribution in [2.24, 2.45) is 0 Å². The number of aryl methyl sites for hydroxylation is 2. The molecular weight excluding hydrogens is 453 g/mol. The SMILES string of the molecule is CCN1CCc2nc(Nc3ncc(F)c(-c4cc(C)c5nc6n(c5c4)C(C)(C)CCC6)n3)ccc2C1. The van der Waals surface area contributed by atoms with E-state index in [1.54, 1.807) is 0 Å². The maximum Gasteiger partial charge on any atom is 0.229 e. The maximum absolute atomic E-state index is 15.0. The van der Waals surface area contributed by atoms with Crippen LogP contribution in [-0.2, 0) is 24.9 Å². The largest absolute Gasteiger partial charge is 0.322 e. The van der Waals surface area contributed by atoms with E-state index < -0.39 is 5.82 Å². The van der Waals surface area contributed by atoms with E-state index >= 15 is 4.39 Å². The minimum Gasteiger partial charge on any atom is -0.322 e. The number of likely N-dealkylation sites (N-methyl/N-ethyl adjacent to an activating group) is 1. The quantitative estimate of drug-likeness (QED) is 0.410. The molecule has 0 aliphatic carbocycles. The molecule has 0 amide bonds. The van der Waals surface area contributed by atoms with Crippen LogP contribution in [0.5, 0.6) is 0 Å². The second kappa shape index (κ2) is 8.62. The fourth-order valence-electron chi connectivity index (χ4n) is 5.72. The monoisotopic (exact) mass is 485 g/mol. The summed E-state index contributed by atoms with van der Waals surface area (Å²) in [5, 5.41) is 3.20. The lowest BCUT2D eigenvalue weighted by molar-refractivity contribution is 0.266. The minimum absolute atomic E-state index is 0.0311. The van der Waals surface area contributed by atoms with Gasteiger partial charge in [-0.05, 0) is 69.5 Å². The normalized spacial score (nSPS) is 17.1. The molecule has 2 aliphatic rings. The molecule has 0 spiro atoms. The molecule has 1 aromatic carbocycles. The van der Waals surface area contributed by atoms with E-state index in [0.717, 1.165) is 79.0 Å². The third-order valence-electron chi connectivity index (χ3n) is 7.65. The highest BCUT2D eigenvalue weighted by Gasteiger charge is 2.30. The number of nitrogens with zero attached hydrogens (tertiary/aromatic N) is 6. The molecule has 6 rings (SSSR count). The van der Waals surface area contributed by atoms with Gasteiger partial charge in [0, 0.05) is 42.7 Å². The Hall–Kier alpha value is -3.39. The second-order valence-electron chi connectivity index (χ2n) is 10.6. The summed E-state index contributed by atoms with van der Waals surface area (Å²) in [7, 11) is 0. The van der Waals surface area contributed by atoms with Gasteiger partial charge < -0.3 is 9.88 Å². The van der Waals surface area contributed by atoms with Gasteiger partial charge in [0.25, 0.3) is 0 Å². The van der Waals surface area contributed by atoms with Crippen molar-refractivity contribution in [3.63, 3.8) is 0 Å². The van der Waals surface area contributed by atoms with Crippen molar-refractivity contribution in [1.29, 1.82) is 0 Å². The Morgan fingerprint density at radius 3 is 2.81 bits per heavy atom. The van der Waals surface area contributed by atoms with Crippen LogP contribution < -0.4 is 5.32 Å². The number of hydrogen-bond acceptors (Lipinski definition) is 6. The van der Waals surface area contributed by atoms with Gasteiger partial charge in [0.1, 0.15) is 17.3 Å². The van der Waals surface area contributed by atoms with Crippen LogP contribution in [0.2, 0.25) is 0 Å². The molecule has 1 N–H and O–H groups in total. The first-order valence-corrected chi connectivity index (χ1v) is 12.9. The number of rotatable bonds is 4. The zero-order valence-electron chi connectivity index (χ0n) is 21.4. The number of anilines is 2. The van der Waals surface area contributed by atoms with E-state index in [1.807, 2.05) is 25.1 Å². The van der Waals surface area contributed by atoms with Crippen LogP contribution >= 0.6 is 0 Å². The van der Waals surface area contributed by atoms with Crippen molar-refractivity contribution >= 4 is 22.8 Å². The summed E-state index contributed by atoms with van der Waals surface area (Å²) in [4.78, 5) is 20.9. The van der Waals surface area contributed by atoms with Gasteiger partial charge in [0.2, 0.25) is 5.95 Å². The standard InChI is InChI=1S/C28H32FN7/c1-5-35-12-10-21-18(16-35)8-9-23(31-21)32-27-30-15-20(29)26(34-27)19-13-17(2)25-22(14-19)36-24(33-25)7-6-11-28(36,3)4/h8-9,13-15H,5-7,10-12,16H2,1-4H3,(H,30,31,32,34). The number of aromatic nitrogens is 5. The molecule has 0 bridgehead atoms. The summed E-state index contributed by atoms with van der Waals surface area (Å²) < 4.78 is 17.4. The lowest BCUT2D eigenvalue weighted by Crippen LogP contribution is -2.31. The first-order valence-electron chi connectivity index (χ1n) is 12.9. The molecule has 0 fully saturated rings. The predicted molar refractivity (Wildman–Crippen MR) is 140 cm³/mol. The Kier molecular flexibility index (Phi) is 5.52. The molecule has 186 valence electrons. The topological polar surface area (TPSA) is 71.8 Å². The molecule has 0 atom stereocenters. The molecule has 0 saturated carbocycles. The van der Waals surface area contributed by atoms with E-state index in [0.29, 0.717) is 11.8 Å². The second-order valence-corrected chi connectivity index (χ2v) is 10.6. The lowest BCUT2D eigenvalue weighted by atomic mass is 9.92. The van der Waals surface area contributed by atoms with Crippen LogP contribution in [0.25, 0.3) is 22.3 Å². The summed E-state index contributed by atoms with van der Waals surface area (Å²) in [6, 6.07) is 8.05. The molecule has 7 nitrogen and oxygen atoms in total. The average Bonchev–Trinajstić information content (AvgIpc) is 3.25. The summed E-state index contributed by atoms with van der Waals surface area (Å²) >= 11 is 0. The summed E-state index contributed by atoms with van der Waals surface area (Å²) in [5.41, 5.74) is 6.36. The van der Waals surface area contributed by atoms with Crippen molar-refractivity contribution in [2.45, 2.75) is 65.5 Å². The highest BCUT2D eigenvalue weighted by Crippen LogP contribution is 2.37. The van der Waals surface area contributed by atoms with Crippen LogP contribution in [0.4, 0.5) is 16.2 Å². The molecule has 36 heavy (non-hydrogen) atoms. The summed E-state index contributed by atoms with van der Waals surface area (Å²) in [6.45, 7) is 11.7. The van der Waals surface area contributed by atoms with Crippen LogP contribution in [0.1, 0.15) is 56.3 Å². The highest BCUT2D eigenvalue weighted by molar-refractivity contribution is 5.85. The molecule has 8 heteroatoms. The van der Waals surface area contributed by atoms with Gasteiger partial charge in [0.05, 0.1) is 17.2 Å². The smallest absolute Gasteiger partial charge is 0.229 e. The predicted octanol–water partition coefficient (Wildman–Crippen LogP) is 5.53. The van der Waals surface area contributed by atoms with Crippen molar-refractivity contribution in [3.8, 4) is 11.3 Å². The van der Waals surface area contributed by atoms with Gasteiger partial charge in [-0.3, -0.25) is 4.90 Å². The number of nitrogens with one attached hydrogen (secondary N) is 1. The zero-order valence-corrected chi connectivity index (χ0v) is 21.4. The first-order chi connectivity index (χ1) is 17.3. The van der Waals surface area contributed by atoms with Crippen molar-refractivity contribution in [3.05, 3.63) is 58.9 Å². The Balaban J connectivity index is 1.36. The fraction of sp³-hybridized carbons (Fsp3) is 0.429. The minimum atomic E-state index is -0.449. The highest BCUT2D eigenvalue weighted by atomic mass is 19.1. The van der Waals surface area contributed by atoms with E-state index in [9.17, 15) is 0 Å². The number of benzene rings is 1. The number of fused-ring (bicyclic) bond motifs is 4. The lowest BCUT2D eigenvalue weighted by Gasteiger charge is -2.33. The number of pyridine rings is 1. The molecular formula is C28H32FN7. The van der Waals surface area contributed by atoms with Gasteiger partial charge >= 0.3 is 0 Å². The van der Waals surface area contributed by atoms with Gasteiger partial charge in [-0.25, -0.2) is 24.3 Å². The Bertz CT molecular complexity index is 1470. The van der Waals surface area contributed by atoms with E-state index in [1.165, 1.54) is 11.8 Å². The van der Waals surface area contributed by atoms with Gasteiger partial charge in [-0.1, -0.05) is 13.0 Å². The summed E-state index contributed by atoms with van der Waals surface area (Å²) in [5.74, 6) is 1.66. The molecule has 4 aromatic rings. The van der Waals surface area contributed by atoms with Gasteiger partial charge in [-0.2, -0.15) is 0 Å². The first kappa shape index (κ1) is 23.0. The molecule has 0 unspecified atom stereocenters.